The normalized spacial score (nSPS) is 12.5. The Balaban J connectivity index is 2.09. The van der Waals surface area contributed by atoms with Gasteiger partial charge in [0.2, 0.25) is 6.79 Å². The molecule has 20 heavy (non-hydrogen) atoms. The van der Waals surface area contributed by atoms with Gasteiger partial charge in [-0.2, -0.15) is 0 Å². The Morgan fingerprint density at radius 1 is 1.30 bits per heavy atom. The Hall–Kier alpha value is -2.21. The van der Waals surface area contributed by atoms with Gasteiger partial charge in [0.05, 0.1) is 10.6 Å². The fourth-order valence-electron chi connectivity index (χ4n) is 2.09. The summed E-state index contributed by atoms with van der Waals surface area (Å²) in [6.07, 6.45) is 0. The van der Waals surface area contributed by atoms with Crippen LogP contribution in [0, 0.1) is 0 Å². The lowest BCUT2D eigenvalue weighted by molar-refractivity contribution is 0.0829. The lowest BCUT2D eigenvalue weighted by Gasteiger charge is -2.12. The van der Waals surface area contributed by atoms with E-state index in [4.69, 9.17) is 15.2 Å². The second-order valence-electron chi connectivity index (χ2n) is 4.66. The maximum Gasteiger partial charge on any atom is 0.256 e. The Morgan fingerprint density at radius 2 is 2.05 bits per heavy atom. The molecule has 3 rings (SSSR count). The summed E-state index contributed by atoms with van der Waals surface area (Å²) in [7, 11) is 3.42. The molecule has 5 nitrogen and oxygen atoms in total. The molecule has 0 aliphatic carbocycles. The van der Waals surface area contributed by atoms with Gasteiger partial charge in [0, 0.05) is 25.0 Å². The molecule has 6 heteroatoms. The molecule has 1 aliphatic rings. The van der Waals surface area contributed by atoms with Gasteiger partial charge in [-0.05, 0) is 17.7 Å². The van der Waals surface area contributed by atoms with E-state index in [1.165, 1.54) is 16.2 Å². The number of nitrogen functional groups attached to an aromatic ring is 1. The highest BCUT2D eigenvalue weighted by molar-refractivity contribution is 7.15. The molecule has 2 aromatic rings. The first kappa shape index (κ1) is 12.8. The van der Waals surface area contributed by atoms with E-state index in [0.717, 1.165) is 16.9 Å². The van der Waals surface area contributed by atoms with Crippen molar-refractivity contribution < 1.29 is 14.3 Å². The van der Waals surface area contributed by atoms with Gasteiger partial charge in [-0.15, -0.1) is 11.3 Å². The highest BCUT2D eigenvalue weighted by Gasteiger charge is 2.22. The first-order chi connectivity index (χ1) is 9.58. The molecule has 1 aliphatic heterocycles. The van der Waals surface area contributed by atoms with Crippen LogP contribution >= 0.6 is 11.3 Å². The zero-order chi connectivity index (χ0) is 14.3. The maximum atomic E-state index is 12.3. The highest BCUT2D eigenvalue weighted by Crippen LogP contribution is 2.40. The molecular formula is C14H14N2O3S. The SMILES string of the molecule is CN(C)C(=O)c1c(-c2ccc3c(c2)OCO3)csc1N. The summed E-state index contributed by atoms with van der Waals surface area (Å²) < 4.78 is 10.7. The van der Waals surface area contributed by atoms with E-state index in [1.54, 1.807) is 14.1 Å². The Morgan fingerprint density at radius 3 is 2.80 bits per heavy atom. The van der Waals surface area contributed by atoms with Crippen molar-refractivity contribution in [3.63, 3.8) is 0 Å². The minimum atomic E-state index is -0.101. The number of benzene rings is 1. The molecule has 0 unspecified atom stereocenters. The third kappa shape index (κ3) is 1.98. The first-order valence-electron chi connectivity index (χ1n) is 6.06. The van der Waals surface area contributed by atoms with E-state index in [0.29, 0.717) is 16.3 Å². The molecule has 0 saturated carbocycles. The summed E-state index contributed by atoms with van der Waals surface area (Å²) in [6.45, 7) is 0.230. The summed E-state index contributed by atoms with van der Waals surface area (Å²) in [5, 5.41) is 2.42. The Labute approximate surface area is 120 Å². The number of amides is 1. The predicted molar refractivity (Wildman–Crippen MR) is 78.3 cm³/mol. The molecule has 1 aromatic heterocycles. The Bertz CT molecular complexity index is 679. The number of fused-ring (bicyclic) bond motifs is 1. The van der Waals surface area contributed by atoms with Gasteiger partial charge in [0.1, 0.15) is 0 Å². The molecule has 2 N–H and O–H groups in total. The van der Waals surface area contributed by atoms with Crippen LogP contribution in [0.5, 0.6) is 11.5 Å². The zero-order valence-corrected chi connectivity index (χ0v) is 12.0. The van der Waals surface area contributed by atoms with Crippen molar-refractivity contribution >= 4 is 22.2 Å². The second-order valence-corrected chi connectivity index (χ2v) is 5.57. The average molecular weight is 290 g/mol. The van der Waals surface area contributed by atoms with Crippen molar-refractivity contribution in [2.75, 3.05) is 26.6 Å². The predicted octanol–water partition coefficient (Wildman–Crippen LogP) is 2.43. The fraction of sp³-hybridized carbons (Fsp3) is 0.214. The summed E-state index contributed by atoms with van der Waals surface area (Å²) >= 11 is 1.36. The van der Waals surface area contributed by atoms with E-state index < -0.39 is 0 Å². The lowest BCUT2D eigenvalue weighted by Crippen LogP contribution is -2.22. The number of ether oxygens (including phenoxy) is 2. The maximum absolute atomic E-state index is 12.3. The zero-order valence-electron chi connectivity index (χ0n) is 11.2. The van der Waals surface area contributed by atoms with E-state index in [2.05, 4.69) is 0 Å². The molecule has 0 atom stereocenters. The molecule has 0 bridgehead atoms. The van der Waals surface area contributed by atoms with Crippen molar-refractivity contribution in [3.8, 4) is 22.6 Å². The topological polar surface area (TPSA) is 64.8 Å². The van der Waals surface area contributed by atoms with Crippen molar-refractivity contribution in [1.29, 1.82) is 0 Å². The van der Waals surface area contributed by atoms with Gasteiger partial charge < -0.3 is 20.1 Å². The van der Waals surface area contributed by atoms with Crippen LogP contribution < -0.4 is 15.2 Å². The van der Waals surface area contributed by atoms with E-state index in [9.17, 15) is 4.79 Å². The molecule has 2 heterocycles. The molecule has 1 amide bonds. The average Bonchev–Trinajstić information content (AvgIpc) is 3.02. The molecule has 0 fully saturated rings. The van der Waals surface area contributed by atoms with Gasteiger partial charge in [-0.25, -0.2) is 0 Å². The molecule has 0 saturated heterocycles. The number of rotatable bonds is 2. The van der Waals surface area contributed by atoms with Gasteiger partial charge in [-0.3, -0.25) is 4.79 Å². The minimum absolute atomic E-state index is 0.101. The van der Waals surface area contributed by atoms with Gasteiger partial charge in [-0.1, -0.05) is 6.07 Å². The van der Waals surface area contributed by atoms with E-state index in [-0.39, 0.29) is 12.7 Å². The molecule has 104 valence electrons. The van der Waals surface area contributed by atoms with E-state index in [1.807, 2.05) is 23.6 Å². The number of hydrogen-bond donors (Lipinski definition) is 1. The quantitative estimate of drug-likeness (QED) is 0.922. The number of carbonyl (C=O) groups excluding carboxylic acids is 1. The molecule has 0 spiro atoms. The number of carbonyl (C=O) groups is 1. The van der Waals surface area contributed by atoms with Crippen LogP contribution in [-0.2, 0) is 0 Å². The number of hydrogen-bond acceptors (Lipinski definition) is 5. The number of nitrogens with zero attached hydrogens (tertiary/aromatic N) is 1. The Kier molecular flexibility index (Phi) is 3.02. The van der Waals surface area contributed by atoms with Crippen LogP contribution in [-0.4, -0.2) is 31.7 Å². The van der Waals surface area contributed by atoms with Crippen LogP contribution in [0.3, 0.4) is 0 Å². The lowest BCUT2D eigenvalue weighted by atomic mass is 10.0. The summed E-state index contributed by atoms with van der Waals surface area (Å²) in [5.41, 5.74) is 8.21. The molecular weight excluding hydrogens is 276 g/mol. The van der Waals surface area contributed by atoms with Crippen LogP contribution in [0.25, 0.3) is 11.1 Å². The van der Waals surface area contributed by atoms with Gasteiger partial charge in [0.25, 0.3) is 5.91 Å². The third-order valence-electron chi connectivity index (χ3n) is 3.12. The largest absolute Gasteiger partial charge is 0.454 e. The summed E-state index contributed by atoms with van der Waals surface area (Å²) in [5.74, 6) is 1.31. The fourth-order valence-corrected chi connectivity index (χ4v) is 2.91. The van der Waals surface area contributed by atoms with Crippen molar-refractivity contribution in [3.05, 3.63) is 29.1 Å². The number of anilines is 1. The molecule has 1 aromatic carbocycles. The number of nitrogens with two attached hydrogens (primary N) is 1. The minimum Gasteiger partial charge on any atom is -0.454 e. The van der Waals surface area contributed by atoms with Crippen LogP contribution in [0.15, 0.2) is 23.6 Å². The van der Waals surface area contributed by atoms with Crippen LogP contribution in [0.4, 0.5) is 5.00 Å². The summed E-state index contributed by atoms with van der Waals surface area (Å²) in [4.78, 5) is 13.8. The second kappa shape index (κ2) is 4.72. The van der Waals surface area contributed by atoms with Gasteiger partial charge >= 0.3 is 0 Å². The summed E-state index contributed by atoms with van der Waals surface area (Å²) in [6, 6.07) is 5.62. The number of thiophene rings is 1. The van der Waals surface area contributed by atoms with E-state index >= 15 is 0 Å². The standard InChI is InChI=1S/C14H14N2O3S/c1-16(2)14(17)12-9(6-20-13(12)15)8-3-4-10-11(5-8)19-7-18-10/h3-6H,7,15H2,1-2H3. The highest BCUT2D eigenvalue weighted by atomic mass is 32.1. The van der Waals surface area contributed by atoms with Crippen molar-refractivity contribution in [1.82, 2.24) is 4.90 Å². The van der Waals surface area contributed by atoms with Crippen molar-refractivity contribution in [2.45, 2.75) is 0 Å². The molecule has 0 radical (unpaired) electrons. The first-order valence-corrected chi connectivity index (χ1v) is 6.94. The van der Waals surface area contributed by atoms with Crippen LogP contribution in [0.2, 0.25) is 0 Å². The van der Waals surface area contributed by atoms with Crippen LogP contribution in [0.1, 0.15) is 10.4 Å². The third-order valence-corrected chi connectivity index (χ3v) is 3.93. The van der Waals surface area contributed by atoms with Crippen molar-refractivity contribution in [2.24, 2.45) is 0 Å². The monoisotopic (exact) mass is 290 g/mol. The smallest absolute Gasteiger partial charge is 0.256 e. The van der Waals surface area contributed by atoms with Gasteiger partial charge in [0.15, 0.2) is 11.5 Å².